The van der Waals surface area contributed by atoms with Gasteiger partial charge in [-0.1, -0.05) is 37.2 Å². The van der Waals surface area contributed by atoms with Crippen LogP contribution in [0.15, 0.2) is 35.1 Å². The molecule has 2 aromatic carbocycles. The fourth-order valence-electron chi connectivity index (χ4n) is 5.29. The molecule has 1 heterocycles. The van der Waals surface area contributed by atoms with E-state index in [2.05, 4.69) is 34.3 Å². The van der Waals surface area contributed by atoms with Gasteiger partial charge < -0.3 is 26.0 Å². The minimum Gasteiger partial charge on any atom is -0.506 e. The number of hydrogen-bond donors (Lipinski definition) is 4. The number of phenols is 1. The minimum absolute atomic E-state index is 0. The van der Waals surface area contributed by atoms with E-state index in [0.717, 1.165) is 55.5 Å². The lowest BCUT2D eigenvalue weighted by Crippen LogP contribution is -2.40. The fourth-order valence-corrected chi connectivity index (χ4v) is 6.09. The first kappa shape index (κ1) is 31.4. The Morgan fingerprint density at radius 2 is 1.89 bits per heavy atom. The lowest BCUT2D eigenvalue weighted by molar-refractivity contribution is 0.176. The van der Waals surface area contributed by atoms with Crippen molar-refractivity contribution in [1.82, 2.24) is 15.2 Å². The molecular formula is C28H42Cl2N4O2S. The number of aromatic nitrogens is 1. The van der Waals surface area contributed by atoms with Gasteiger partial charge in [0.15, 0.2) is 0 Å². The standard InChI is InChI=1S/C28H40N4O2S.2ClH/c1-2-14-32(23-9-8-21-19-26(33)24(29)18-22(21)17-23)15-6-4-3-5-12-30-13-11-20-7-10-25-27(16-20)35-28(34)31-25;;/h7,10,16,18-19,23,30,33H,2-6,8-9,11-15,17,29H2,1H3,(H,31,34);2*1H/t23-;;/m1../s1. The van der Waals surface area contributed by atoms with Crippen molar-refractivity contribution in [3.05, 3.63) is 56.7 Å². The molecule has 0 radical (unpaired) electrons. The average molecular weight is 570 g/mol. The van der Waals surface area contributed by atoms with Gasteiger partial charge in [0.25, 0.3) is 0 Å². The number of unbranched alkanes of at least 4 members (excludes halogenated alkanes) is 3. The van der Waals surface area contributed by atoms with E-state index in [1.165, 1.54) is 66.7 Å². The second kappa shape index (κ2) is 15.6. The molecule has 0 amide bonds. The number of aromatic amines is 1. The van der Waals surface area contributed by atoms with Gasteiger partial charge in [-0.25, -0.2) is 0 Å². The van der Waals surface area contributed by atoms with Gasteiger partial charge in [-0.2, -0.15) is 0 Å². The smallest absolute Gasteiger partial charge is 0.305 e. The molecular weight excluding hydrogens is 527 g/mol. The number of H-pyrrole nitrogens is 1. The first-order chi connectivity index (χ1) is 17.0. The number of nitrogens with two attached hydrogens (primary N) is 1. The van der Waals surface area contributed by atoms with Gasteiger partial charge in [0.1, 0.15) is 5.75 Å². The summed E-state index contributed by atoms with van der Waals surface area (Å²) >= 11 is 1.28. The Bertz CT molecular complexity index is 1170. The number of hydrogen-bond acceptors (Lipinski definition) is 6. The van der Waals surface area contributed by atoms with Crippen molar-refractivity contribution in [3.63, 3.8) is 0 Å². The lowest BCUT2D eigenvalue weighted by atomic mass is 9.86. The molecule has 5 N–H and O–H groups in total. The monoisotopic (exact) mass is 568 g/mol. The van der Waals surface area contributed by atoms with Crippen LogP contribution in [-0.4, -0.2) is 47.2 Å². The van der Waals surface area contributed by atoms with Crippen LogP contribution < -0.4 is 15.9 Å². The molecule has 0 bridgehead atoms. The number of nitrogens with zero attached hydrogens (tertiary/aromatic N) is 1. The Balaban J connectivity index is 0.00000241. The van der Waals surface area contributed by atoms with Gasteiger partial charge in [0, 0.05) is 6.04 Å². The maximum absolute atomic E-state index is 11.5. The predicted molar refractivity (Wildman–Crippen MR) is 162 cm³/mol. The van der Waals surface area contributed by atoms with Gasteiger partial charge >= 0.3 is 4.87 Å². The second-order valence-electron chi connectivity index (χ2n) is 9.87. The number of benzene rings is 2. The summed E-state index contributed by atoms with van der Waals surface area (Å²) in [6, 6.07) is 10.7. The summed E-state index contributed by atoms with van der Waals surface area (Å²) in [5.41, 5.74) is 11.2. The molecule has 4 rings (SSSR count). The highest BCUT2D eigenvalue weighted by Crippen LogP contribution is 2.31. The molecule has 1 atom stereocenters. The van der Waals surface area contributed by atoms with Gasteiger partial charge in [-0.3, -0.25) is 4.79 Å². The summed E-state index contributed by atoms with van der Waals surface area (Å²) in [4.78, 5) is 17.0. The molecule has 0 fully saturated rings. The average Bonchev–Trinajstić information content (AvgIpc) is 3.22. The Morgan fingerprint density at radius 1 is 1.08 bits per heavy atom. The zero-order valence-corrected chi connectivity index (χ0v) is 24.2. The number of aromatic hydroxyl groups is 1. The molecule has 6 nitrogen and oxygen atoms in total. The maximum Gasteiger partial charge on any atom is 0.305 e. The lowest BCUT2D eigenvalue weighted by Gasteiger charge is -2.35. The summed E-state index contributed by atoms with van der Waals surface area (Å²) in [5, 5.41) is 13.5. The van der Waals surface area contributed by atoms with Crippen molar-refractivity contribution in [2.24, 2.45) is 0 Å². The van der Waals surface area contributed by atoms with Gasteiger partial charge in [0.2, 0.25) is 0 Å². The highest BCUT2D eigenvalue weighted by atomic mass is 35.5. The first-order valence-corrected chi connectivity index (χ1v) is 14.0. The largest absolute Gasteiger partial charge is 0.506 e. The van der Waals surface area contributed by atoms with Crippen LogP contribution in [0.5, 0.6) is 5.75 Å². The van der Waals surface area contributed by atoms with Crippen molar-refractivity contribution in [3.8, 4) is 5.75 Å². The van der Waals surface area contributed by atoms with Crippen molar-refractivity contribution in [1.29, 1.82) is 0 Å². The number of nitrogen functional groups attached to an aromatic ring is 1. The molecule has 37 heavy (non-hydrogen) atoms. The molecule has 1 aromatic heterocycles. The molecule has 9 heteroatoms. The summed E-state index contributed by atoms with van der Waals surface area (Å²) in [5.74, 6) is 0.222. The zero-order chi connectivity index (χ0) is 24.6. The number of anilines is 1. The van der Waals surface area contributed by atoms with Crippen LogP contribution in [0.2, 0.25) is 0 Å². The van der Waals surface area contributed by atoms with Crippen LogP contribution in [0.1, 0.15) is 62.1 Å². The summed E-state index contributed by atoms with van der Waals surface area (Å²) in [7, 11) is 0. The molecule has 1 aliphatic rings. The van der Waals surface area contributed by atoms with Crippen molar-refractivity contribution >= 4 is 52.1 Å². The zero-order valence-electron chi connectivity index (χ0n) is 21.8. The van der Waals surface area contributed by atoms with Crippen LogP contribution >= 0.6 is 36.2 Å². The number of thiazole rings is 1. The van der Waals surface area contributed by atoms with E-state index in [4.69, 9.17) is 5.73 Å². The number of phenolic OH excluding ortho intramolecular Hbond substituents is 1. The Morgan fingerprint density at radius 3 is 2.70 bits per heavy atom. The van der Waals surface area contributed by atoms with Crippen LogP contribution in [0.25, 0.3) is 10.2 Å². The highest BCUT2D eigenvalue weighted by molar-refractivity contribution is 7.16. The van der Waals surface area contributed by atoms with Crippen molar-refractivity contribution < 1.29 is 5.11 Å². The van der Waals surface area contributed by atoms with E-state index in [-0.39, 0.29) is 35.4 Å². The third kappa shape index (κ3) is 8.89. The molecule has 3 aromatic rings. The number of rotatable bonds is 13. The molecule has 1 aliphatic carbocycles. The Hall–Kier alpha value is -1.77. The van der Waals surface area contributed by atoms with Crippen LogP contribution in [-0.2, 0) is 19.3 Å². The third-order valence-corrected chi connectivity index (χ3v) is 8.05. The maximum atomic E-state index is 11.5. The summed E-state index contributed by atoms with van der Waals surface area (Å²) < 4.78 is 1.05. The number of aryl methyl sites for hydroxylation is 1. The minimum atomic E-state index is 0. The molecule has 0 saturated carbocycles. The molecule has 0 aliphatic heterocycles. The fraction of sp³-hybridized carbons (Fsp3) is 0.536. The summed E-state index contributed by atoms with van der Waals surface area (Å²) in [6.07, 6.45) is 10.4. The Kier molecular flexibility index (Phi) is 13.3. The van der Waals surface area contributed by atoms with Gasteiger partial charge in [-0.05, 0) is 112 Å². The SMILES string of the molecule is CCCN(CCCCCCNCCc1ccc2[nH]c(=O)sc2c1)[C@@H]1CCc2cc(O)c(N)cc2C1.Cl.Cl. The molecule has 0 saturated heterocycles. The van der Waals surface area contributed by atoms with E-state index >= 15 is 0 Å². The van der Waals surface area contributed by atoms with Crippen LogP contribution in [0, 0.1) is 0 Å². The van der Waals surface area contributed by atoms with Crippen LogP contribution in [0.3, 0.4) is 0 Å². The number of halogens is 2. The first-order valence-electron chi connectivity index (χ1n) is 13.2. The molecule has 0 unspecified atom stereocenters. The van der Waals surface area contributed by atoms with Crippen LogP contribution in [0.4, 0.5) is 5.69 Å². The number of fused-ring (bicyclic) bond motifs is 2. The van der Waals surface area contributed by atoms with E-state index in [0.29, 0.717) is 11.7 Å². The normalized spacial score (nSPS) is 14.8. The summed E-state index contributed by atoms with van der Waals surface area (Å²) in [6.45, 7) is 6.62. The van der Waals surface area contributed by atoms with E-state index < -0.39 is 0 Å². The molecule has 206 valence electrons. The third-order valence-electron chi connectivity index (χ3n) is 7.20. The quantitative estimate of drug-likeness (QED) is 0.121. The number of nitrogens with one attached hydrogen (secondary N) is 2. The van der Waals surface area contributed by atoms with E-state index in [1.807, 2.05) is 18.2 Å². The highest BCUT2D eigenvalue weighted by Gasteiger charge is 2.24. The van der Waals surface area contributed by atoms with Crippen molar-refractivity contribution in [2.75, 3.05) is 31.9 Å². The predicted octanol–water partition coefficient (Wildman–Crippen LogP) is 5.68. The van der Waals surface area contributed by atoms with Gasteiger partial charge in [0.05, 0.1) is 15.9 Å². The van der Waals surface area contributed by atoms with Crippen molar-refractivity contribution in [2.45, 2.75) is 70.8 Å². The molecule has 0 spiro atoms. The van der Waals surface area contributed by atoms with Gasteiger partial charge in [-0.15, -0.1) is 24.8 Å². The van der Waals surface area contributed by atoms with E-state index in [1.54, 1.807) is 0 Å². The van der Waals surface area contributed by atoms with E-state index in [9.17, 15) is 9.90 Å². The topological polar surface area (TPSA) is 94.4 Å². The second-order valence-corrected chi connectivity index (χ2v) is 10.9. The Labute approximate surface area is 236 Å².